The van der Waals surface area contributed by atoms with Gasteiger partial charge in [-0.2, -0.15) is 0 Å². The summed E-state index contributed by atoms with van der Waals surface area (Å²) in [6.07, 6.45) is 0. The molecule has 0 aliphatic heterocycles. The summed E-state index contributed by atoms with van der Waals surface area (Å²) in [6.45, 7) is 2.75. The van der Waals surface area contributed by atoms with Gasteiger partial charge in [0.25, 0.3) is 10.0 Å². The normalized spacial score (nSPS) is 12.1. The molecule has 8 heteroatoms. The molecular weight excluding hydrogens is 276 g/mol. The fourth-order valence-corrected chi connectivity index (χ4v) is 2.69. The Balaban J connectivity index is 3.22. The second-order valence-electron chi connectivity index (χ2n) is 4.16. The topological polar surface area (TPSA) is 61.4 Å². The highest BCUT2D eigenvalue weighted by Gasteiger charge is 2.23. The zero-order valence-corrected chi connectivity index (χ0v) is 11.8. The first-order valence-electron chi connectivity index (χ1n) is 5.66. The van der Waals surface area contributed by atoms with Crippen molar-refractivity contribution >= 4 is 10.0 Å². The molecule has 0 atom stereocenters. The lowest BCUT2D eigenvalue weighted by Gasteiger charge is -2.14. The van der Waals surface area contributed by atoms with Crippen molar-refractivity contribution in [2.75, 3.05) is 20.6 Å². The molecule has 0 saturated heterocycles. The van der Waals surface area contributed by atoms with Crippen LogP contribution in [0.15, 0.2) is 17.0 Å². The number of benzene rings is 1. The van der Waals surface area contributed by atoms with Gasteiger partial charge in [-0.3, -0.25) is 0 Å². The Morgan fingerprint density at radius 3 is 2.42 bits per heavy atom. The number of hydrogen-bond acceptors (Lipinski definition) is 4. The largest absolute Gasteiger partial charge is 0.313 e. The number of halogens is 2. The van der Waals surface area contributed by atoms with Crippen molar-refractivity contribution in [3.05, 3.63) is 29.3 Å². The van der Waals surface area contributed by atoms with Gasteiger partial charge in [-0.15, -0.1) is 4.83 Å². The van der Waals surface area contributed by atoms with E-state index in [4.69, 9.17) is 0 Å². The average Bonchev–Trinajstić information content (AvgIpc) is 2.28. The molecule has 0 heterocycles. The Morgan fingerprint density at radius 2 is 1.89 bits per heavy atom. The Kier molecular flexibility index (Phi) is 5.36. The van der Waals surface area contributed by atoms with Gasteiger partial charge in [-0.1, -0.05) is 6.92 Å². The number of nitrogens with zero attached hydrogens (tertiary/aromatic N) is 1. The maximum Gasteiger partial charge on any atom is 0.256 e. The fourth-order valence-electron chi connectivity index (χ4n) is 1.47. The van der Waals surface area contributed by atoms with E-state index in [0.717, 1.165) is 17.1 Å². The molecule has 0 unspecified atom stereocenters. The van der Waals surface area contributed by atoms with Crippen molar-refractivity contribution in [3.8, 4) is 0 Å². The zero-order valence-electron chi connectivity index (χ0n) is 11.0. The first kappa shape index (κ1) is 16.0. The minimum absolute atomic E-state index is 0.262. The highest BCUT2D eigenvalue weighted by Crippen LogP contribution is 2.20. The molecule has 108 valence electrons. The third-order valence-electron chi connectivity index (χ3n) is 2.23. The van der Waals surface area contributed by atoms with Gasteiger partial charge in [0, 0.05) is 20.6 Å². The second-order valence-corrected chi connectivity index (χ2v) is 5.79. The summed E-state index contributed by atoms with van der Waals surface area (Å²) in [5.41, 5.74) is 0.361. The number of hydrogen-bond donors (Lipinski definition) is 2. The molecule has 5 nitrogen and oxygen atoms in total. The van der Waals surface area contributed by atoms with Crippen molar-refractivity contribution in [1.29, 1.82) is 0 Å². The molecule has 0 radical (unpaired) electrons. The second kappa shape index (κ2) is 6.38. The van der Waals surface area contributed by atoms with Crippen molar-refractivity contribution in [2.45, 2.75) is 18.4 Å². The van der Waals surface area contributed by atoms with Gasteiger partial charge >= 0.3 is 0 Å². The molecule has 0 spiro atoms. The summed E-state index contributed by atoms with van der Waals surface area (Å²) in [7, 11) is -1.25. The molecular formula is C11H17F2N3O2S. The lowest BCUT2D eigenvalue weighted by atomic mass is 10.2. The summed E-state index contributed by atoms with van der Waals surface area (Å²) in [6, 6.07) is 2.10. The lowest BCUT2D eigenvalue weighted by molar-refractivity contribution is 0.362. The molecule has 1 rings (SSSR count). The zero-order chi connectivity index (χ0) is 14.6. The van der Waals surface area contributed by atoms with Gasteiger partial charge < -0.3 is 5.32 Å². The van der Waals surface area contributed by atoms with Crippen molar-refractivity contribution in [1.82, 2.24) is 15.2 Å². The molecule has 1 aromatic rings. The van der Waals surface area contributed by atoms with Crippen molar-refractivity contribution in [3.63, 3.8) is 0 Å². The van der Waals surface area contributed by atoms with E-state index in [2.05, 4.69) is 10.1 Å². The Labute approximate surface area is 111 Å². The lowest BCUT2D eigenvalue weighted by Crippen LogP contribution is -2.36. The number of sulfonamides is 1. The molecule has 0 aromatic heterocycles. The first-order valence-corrected chi connectivity index (χ1v) is 7.14. The molecule has 1 aromatic carbocycles. The Bertz CT molecular complexity index is 547. The van der Waals surface area contributed by atoms with Crippen LogP contribution in [-0.4, -0.2) is 34.1 Å². The van der Waals surface area contributed by atoms with Crippen LogP contribution in [0, 0.1) is 11.6 Å². The smallest absolute Gasteiger partial charge is 0.256 e. The summed E-state index contributed by atoms with van der Waals surface area (Å²) < 4.78 is 50.8. The summed E-state index contributed by atoms with van der Waals surface area (Å²) in [5.74, 6) is -2.57. The summed E-state index contributed by atoms with van der Waals surface area (Å²) >= 11 is 0. The molecule has 19 heavy (non-hydrogen) atoms. The molecule has 0 aliphatic carbocycles. The number of nitrogens with one attached hydrogen (secondary N) is 2. The maximum absolute atomic E-state index is 13.6. The van der Waals surface area contributed by atoms with E-state index < -0.39 is 26.6 Å². The first-order chi connectivity index (χ1) is 8.77. The third kappa shape index (κ3) is 4.20. The van der Waals surface area contributed by atoms with Crippen LogP contribution in [-0.2, 0) is 16.6 Å². The van der Waals surface area contributed by atoms with E-state index in [0.29, 0.717) is 12.1 Å². The summed E-state index contributed by atoms with van der Waals surface area (Å²) in [4.78, 5) is 1.37. The van der Waals surface area contributed by atoms with Crippen LogP contribution in [0.25, 0.3) is 0 Å². The van der Waals surface area contributed by atoms with Crippen LogP contribution >= 0.6 is 0 Å². The molecule has 0 bridgehead atoms. The SMILES string of the molecule is CCNCc1cc(F)c(F)c(S(=O)(=O)NN(C)C)c1. The fraction of sp³-hybridized carbons (Fsp3) is 0.455. The van der Waals surface area contributed by atoms with Gasteiger partial charge in [0.1, 0.15) is 4.90 Å². The molecule has 2 N–H and O–H groups in total. The maximum atomic E-state index is 13.6. The van der Waals surface area contributed by atoms with Crippen LogP contribution in [0.4, 0.5) is 8.78 Å². The van der Waals surface area contributed by atoms with Gasteiger partial charge in [0.05, 0.1) is 0 Å². The predicted octanol–water partition coefficient (Wildman–Crippen LogP) is 0.829. The van der Waals surface area contributed by atoms with Gasteiger partial charge in [-0.25, -0.2) is 22.2 Å². The number of hydrazine groups is 1. The molecule has 0 aliphatic rings. The molecule has 0 fully saturated rings. The minimum Gasteiger partial charge on any atom is -0.313 e. The van der Waals surface area contributed by atoms with Crippen LogP contribution in [0.5, 0.6) is 0 Å². The molecule has 0 saturated carbocycles. The number of rotatable bonds is 6. The van der Waals surface area contributed by atoms with Crippen LogP contribution < -0.4 is 10.1 Å². The monoisotopic (exact) mass is 293 g/mol. The van der Waals surface area contributed by atoms with Gasteiger partial charge in [0.15, 0.2) is 11.6 Å². The van der Waals surface area contributed by atoms with Crippen molar-refractivity contribution in [2.24, 2.45) is 0 Å². The molecule has 0 amide bonds. The quantitative estimate of drug-likeness (QED) is 0.763. The van der Waals surface area contributed by atoms with Crippen LogP contribution in [0.2, 0.25) is 0 Å². The van der Waals surface area contributed by atoms with E-state index in [1.54, 1.807) is 0 Å². The summed E-state index contributed by atoms with van der Waals surface area (Å²) in [5, 5.41) is 4.06. The van der Waals surface area contributed by atoms with Gasteiger partial charge in [0.2, 0.25) is 0 Å². The van der Waals surface area contributed by atoms with E-state index in [1.165, 1.54) is 14.1 Å². The predicted molar refractivity (Wildman–Crippen MR) is 67.7 cm³/mol. The minimum atomic E-state index is -4.13. The van der Waals surface area contributed by atoms with Gasteiger partial charge in [-0.05, 0) is 24.2 Å². The standard InChI is InChI=1S/C11H17F2N3O2S/c1-4-14-7-8-5-9(12)11(13)10(6-8)19(17,18)15-16(2)3/h5-6,14-15H,4,7H2,1-3H3. The highest BCUT2D eigenvalue weighted by atomic mass is 32.2. The highest BCUT2D eigenvalue weighted by molar-refractivity contribution is 7.89. The van der Waals surface area contributed by atoms with E-state index in [-0.39, 0.29) is 6.54 Å². The van der Waals surface area contributed by atoms with Crippen molar-refractivity contribution < 1.29 is 17.2 Å². The van der Waals surface area contributed by atoms with Crippen LogP contribution in [0.1, 0.15) is 12.5 Å². The van der Waals surface area contributed by atoms with E-state index >= 15 is 0 Å². The van der Waals surface area contributed by atoms with Crippen LogP contribution in [0.3, 0.4) is 0 Å². The Morgan fingerprint density at radius 1 is 1.26 bits per heavy atom. The third-order valence-corrected chi connectivity index (χ3v) is 3.71. The van der Waals surface area contributed by atoms with E-state index in [9.17, 15) is 17.2 Å². The Hall–Kier alpha value is -1.09. The van der Waals surface area contributed by atoms with E-state index in [1.807, 2.05) is 6.92 Å². The average molecular weight is 293 g/mol.